The highest BCUT2D eigenvalue weighted by atomic mass is 32.2. The summed E-state index contributed by atoms with van der Waals surface area (Å²) in [6.07, 6.45) is 0.935. The fourth-order valence-electron chi connectivity index (χ4n) is 0.164. The van der Waals surface area contributed by atoms with Gasteiger partial charge in [0.05, 0.1) is 5.75 Å². The Morgan fingerprint density at radius 2 is 2.25 bits per heavy atom. The van der Waals surface area contributed by atoms with Gasteiger partial charge < -0.3 is 0 Å². The van der Waals surface area contributed by atoms with E-state index in [1.54, 1.807) is 5.25 Å². The fraction of sp³-hybridized carbons (Fsp3) is 0.500. The first-order valence-electron chi connectivity index (χ1n) is 1.87. The molecule has 0 N–H and O–H groups in total. The van der Waals surface area contributed by atoms with Gasteiger partial charge >= 0.3 is 0 Å². The highest BCUT2D eigenvalue weighted by molar-refractivity contribution is 7.89. The molecule has 4 heteroatoms. The summed E-state index contributed by atoms with van der Waals surface area (Å²) in [6.45, 7) is -0.721. The van der Waals surface area contributed by atoms with Crippen LogP contribution in [0.15, 0.2) is 0 Å². The molecule has 0 aromatic heterocycles. The lowest BCUT2D eigenvalue weighted by molar-refractivity contribution is 0.529. The van der Waals surface area contributed by atoms with E-state index in [2.05, 4.69) is 0 Å². The standard InChI is InChI=1S/C4H4F2OS/c5-1-3-8(7)4-2-6/h1,3H2. The third-order valence-corrected chi connectivity index (χ3v) is 1.24. The van der Waals surface area contributed by atoms with Gasteiger partial charge in [0.15, 0.2) is 0 Å². The maximum absolute atomic E-state index is 11.2. The Morgan fingerprint density at radius 1 is 1.62 bits per heavy atom. The normalized spacial score (nSPS) is 11.8. The van der Waals surface area contributed by atoms with Gasteiger partial charge in [0.1, 0.15) is 23.6 Å². The molecule has 1 unspecified atom stereocenters. The molecule has 0 radical (unpaired) electrons. The van der Waals surface area contributed by atoms with Gasteiger partial charge in [-0.1, -0.05) is 0 Å². The molecular formula is C4H4F2OS. The Labute approximate surface area is 48.5 Å². The minimum Gasteiger partial charge on any atom is -0.250 e. The third kappa shape index (κ3) is 3.75. The maximum atomic E-state index is 11.2. The lowest BCUT2D eigenvalue weighted by atomic mass is 10.9. The molecule has 0 aliphatic carbocycles. The number of hydrogen-bond donors (Lipinski definition) is 0. The first-order valence-corrected chi connectivity index (χ1v) is 3.18. The summed E-state index contributed by atoms with van der Waals surface area (Å²) in [7, 11) is -1.63. The zero-order valence-electron chi connectivity index (χ0n) is 3.99. The minimum atomic E-state index is -1.63. The van der Waals surface area contributed by atoms with Crippen molar-refractivity contribution < 1.29 is 13.0 Å². The first-order chi connectivity index (χ1) is 3.81. The van der Waals surface area contributed by atoms with Gasteiger partial charge in [-0.05, 0) is 0 Å². The van der Waals surface area contributed by atoms with Crippen LogP contribution >= 0.6 is 0 Å². The van der Waals surface area contributed by atoms with Crippen molar-refractivity contribution in [2.24, 2.45) is 0 Å². The van der Waals surface area contributed by atoms with Crippen LogP contribution in [0.1, 0.15) is 0 Å². The van der Waals surface area contributed by atoms with Crippen LogP contribution < -0.4 is 0 Å². The highest BCUT2D eigenvalue weighted by Gasteiger charge is 1.90. The summed E-state index contributed by atoms with van der Waals surface area (Å²) in [6, 6.07) is 0. The number of rotatable bonds is 2. The molecule has 0 aromatic carbocycles. The quantitative estimate of drug-likeness (QED) is 0.510. The first kappa shape index (κ1) is 7.57. The summed E-state index contributed by atoms with van der Waals surface area (Å²) in [5.74, 6) is -0.198. The molecule has 0 saturated heterocycles. The predicted molar refractivity (Wildman–Crippen MR) is 27.9 cm³/mol. The summed E-state index contributed by atoms with van der Waals surface area (Å²) in [4.78, 5) is 0. The Hall–Kier alpha value is -0.430. The van der Waals surface area contributed by atoms with E-state index in [1.807, 2.05) is 0 Å². The molecule has 0 fully saturated rings. The average Bonchev–Trinajstić information content (AvgIpc) is 1.68. The molecule has 0 heterocycles. The van der Waals surface area contributed by atoms with Crippen LogP contribution in [-0.4, -0.2) is 16.6 Å². The summed E-state index contributed by atoms with van der Waals surface area (Å²) >= 11 is 0. The number of hydrogen-bond acceptors (Lipinski definition) is 1. The second-order valence-corrected chi connectivity index (χ2v) is 2.24. The molecule has 0 aliphatic rings. The van der Waals surface area contributed by atoms with Gasteiger partial charge in [-0.15, -0.1) is 4.39 Å². The molecular weight excluding hydrogens is 134 g/mol. The van der Waals surface area contributed by atoms with Crippen LogP contribution in [0.4, 0.5) is 8.78 Å². The summed E-state index contributed by atoms with van der Waals surface area (Å²) in [5, 5.41) is 1.66. The van der Waals surface area contributed by atoms with Crippen molar-refractivity contribution in [3.63, 3.8) is 0 Å². The maximum Gasteiger partial charge on any atom is 0.120 e. The van der Waals surface area contributed by atoms with Crippen LogP contribution in [0.3, 0.4) is 0 Å². The van der Waals surface area contributed by atoms with Gasteiger partial charge in [-0.2, -0.15) is 0 Å². The van der Waals surface area contributed by atoms with Crippen LogP contribution in [0, 0.1) is 11.4 Å². The van der Waals surface area contributed by atoms with Crippen LogP contribution in [0.2, 0.25) is 0 Å². The monoisotopic (exact) mass is 138 g/mol. The van der Waals surface area contributed by atoms with E-state index in [4.69, 9.17) is 0 Å². The number of halogens is 2. The Bertz CT molecular complexity index is 135. The van der Waals surface area contributed by atoms with Crippen molar-refractivity contribution in [1.82, 2.24) is 0 Å². The van der Waals surface area contributed by atoms with Crippen LogP contribution in [0.25, 0.3) is 0 Å². The zero-order chi connectivity index (χ0) is 6.41. The van der Waals surface area contributed by atoms with E-state index in [0.29, 0.717) is 0 Å². The molecule has 0 bridgehead atoms. The molecule has 0 rings (SSSR count). The molecule has 1 nitrogen and oxygen atoms in total. The van der Waals surface area contributed by atoms with Gasteiger partial charge in [0, 0.05) is 5.25 Å². The van der Waals surface area contributed by atoms with Crippen molar-refractivity contribution in [1.29, 1.82) is 0 Å². The Balaban J connectivity index is 3.44. The zero-order valence-corrected chi connectivity index (χ0v) is 4.80. The fourth-order valence-corrected chi connectivity index (χ4v) is 0.492. The molecule has 0 saturated carbocycles. The number of alkyl halides is 1. The second kappa shape index (κ2) is 4.72. The largest absolute Gasteiger partial charge is 0.250 e. The van der Waals surface area contributed by atoms with Gasteiger partial charge in [0.25, 0.3) is 0 Å². The molecule has 0 amide bonds. The minimum absolute atomic E-state index is 0.198. The van der Waals surface area contributed by atoms with E-state index in [9.17, 15) is 13.0 Å². The smallest absolute Gasteiger partial charge is 0.120 e. The lowest BCUT2D eigenvalue weighted by Crippen LogP contribution is -1.93. The molecule has 46 valence electrons. The van der Waals surface area contributed by atoms with E-state index in [1.165, 1.54) is 0 Å². The van der Waals surface area contributed by atoms with Gasteiger partial charge in [0.2, 0.25) is 0 Å². The molecule has 0 spiro atoms. The lowest BCUT2D eigenvalue weighted by Gasteiger charge is -1.80. The van der Waals surface area contributed by atoms with Crippen LogP contribution in [-0.2, 0) is 10.8 Å². The van der Waals surface area contributed by atoms with E-state index in [-0.39, 0.29) is 5.75 Å². The SMILES string of the molecule is O=S(C#CF)CCF. The summed E-state index contributed by atoms with van der Waals surface area (Å²) < 4.78 is 32.2. The van der Waals surface area contributed by atoms with Crippen LogP contribution in [0.5, 0.6) is 0 Å². The second-order valence-electron chi connectivity index (χ2n) is 0.935. The third-order valence-electron chi connectivity index (χ3n) is 0.415. The van der Waals surface area contributed by atoms with E-state index < -0.39 is 17.5 Å². The van der Waals surface area contributed by atoms with E-state index in [0.717, 1.165) is 6.17 Å². The average molecular weight is 138 g/mol. The van der Waals surface area contributed by atoms with Crippen molar-refractivity contribution >= 4 is 10.8 Å². The topological polar surface area (TPSA) is 17.1 Å². The molecule has 0 aliphatic heterocycles. The molecule has 1 atom stereocenters. The predicted octanol–water partition coefficient (Wildman–Crippen LogP) is 0.593. The van der Waals surface area contributed by atoms with Crippen molar-refractivity contribution in [3.8, 4) is 11.4 Å². The summed E-state index contributed by atoms with van der Waals surface area (Å²) in [5.41, 5.74) is 0. The van der Waals surface area contributed by atoms with Gasteiger partial charge in [-0.3, -0.25) is 4.39 Å². The van der Waals surface area contributed by atoms with Crippen molar-refractivity contribution in [3.05, 3.63) is 0 Å². The highest BCUT2D eigenvalue weighted by Crippen LogP contribution is 1.78. The van der Waals surface area contributed by atoms with Crippen molar-refractivity contribution in [2.45, 2.75) is 0 Å². The Kier molecular flexibility index (Phi) is 4.47. The van der Waals surface area contributed by atoms with E-state index >= 15 is 0 Å². The molecule has 0 aromatic rings. The van der Waals surface area contributed by atoms with Gasteiger partial charge in [-0.25, -0.2) is 4.21 Å². The van der Waals surface area contributed by atoms with Crippen molar-refractivity contribution in [2.75, 3.05) is 12.4 Å². The molecule has 8 heavy (non-hydrogen) atoms. The Morgan fingerprint density at radius 3 is 2.62 bits per heavy atom.